The van der Waals surface area contributed by atoms with Gasteiger partial charge in [-0.1, -0.05) is 6.92 Å². The van der Waals surface area contributed by atoms with Crippen LogP contribution in [0.4, 0.5) is 5.82 Å². The van der Waals surface area contributed by atoms with Crippen molar-refractivity contribution in [3.8, 4) is 0 Å². The van der Waals surface area contributed by atoms with Crippen LogP contribution in [0, 0.1) is 0 Å². The van der Waals surface area contributed by atoms with Crippen LogP contribution in [0.25, 0.3) is 0 Å². The van der Waals surface area contributed by atoms with Crippen LogP contribution in [0.15, 0.2) is 17.1 Å². The van der Waals surface area contributed by atoms with Gasteiger partial charge in [0.2, 0.25) is 0 Å². The Labute approximate surface area is 80.0 Å². The second kappa shape index (κ2) is 4.40. The first kappa shape index (κ1) is 10.2. The minimum Gasteiger partial charge on any atom is -0.480 e. The summed E-state index contributed by atoms with van der Waals surface area (Å²) in [5.74, 6) is -0.593. The van der Waals surface area contributed by atoms with Crippen LogP contribution >= 0.6 is 0 Å². The molecule has 1 atom stereocenters. The number of anilines is 1. The molecule has 14 heavy (non-hydrogen) atoms. The Morgan fingerprint density at radius 3 is 3.00 bits per heavy atom. The Morgan fingerprint density at radius 2 is 2.50 bits per heavy atom. The highest BCUT2D eigenvalue weighted by Gasteiger charge is 2.14. The molecule has 0 aromatic carbocycles. The molecule has 1 rings (SSSR count). The van der Waals surface area contributed by atoms with E-state index >= 15 is 0 Å². The van der Waals surface area contributed by atoms with Crippen LogP contribution in [0.1, 0.15) is 13.3 Å². The number of hydrogen-bond acceptors (Lipinski definition) is 4. The number of aromatic nitrogens is 2. The number of nitrogens with zero attached hydrogens (tertiary/aromatic N) is 1. The fraction of sp³-hybridized carbons (Fsp3) is 0.375. The number of rotatable bonds is 4. The van der Waals surface area contributed by atoms with Crippen LogP contribution in [0.5, 0.6) is 0 Å². The summed E-state index contributed by atoms with van der Waals surface area (Å²) < 4.78 is 0. The summed E-state index contributed by atoms with van der Waals surface area (Å²) in [5, 5.41) is 11.4. The number of H-pyrrole nitrogens is 1. The Morgan fingerprint density at radius 1 is 1.79 bits per heavy atom. The molecule has 0 saturated carbocycles. The zero-order valence-electron chi connectivity index (χ0n) is 7.65. The molecule has 0 bridgehead atoms. The molecule has 1 aromatic heterocycles. The number of aliphatic carboxylic acids is 1. The molecule has 0 aliphatic heterocycles. The lowest BCUT2D eigenvalue weighted by molar-refractivity contribution is -0.137. The molecule has 76 valence electrons. The number of hydrogen-bond donors (Lipinski definition) is 3. The molecule has 0 radical (unpaired) electrons. The van der Waals surface area contributed by atoms with Crippen molar-refractivity contribution in [2.24, 2.45) is 0 Å². The monoisotopic (exact) mass is 197 g/mol. The Kier molecular flexibility index (Phi) is 3.22. The standard InChI is InChI=1S/C8H11N3O3/c1-2-5(7(12)13)10-6-3-4-9-8(14)11-6/h3-5H,2H2,1H3,(H,12,13)(H2,9,10,11,14). The molecular formula is C8H11N3O3. The van der Waals surface area contributed by atoms with Gasteiger partial charge in [-0.05, 0) is 12.5 Å². The van der Waals surface area contributed by atoms with Gasteiger partial charge in [-0.25, -0.2) is 14.6 Å². The number of carboxylic acid groups (broad SMARTS) is 1. The van der Waals surface area contributed by atoms with Gasteiger partial charge in [-0.15, -0.1) is 0 Å². The third-order valence-corrected chi connectivity index (χ3v) is 1.71. The van der Waals surface area contributed by atoms with Gasteiger partial charge >= 0.3 is 11.7 Å². The summed E-state index contributed by atoms with van der Waals surface area (Å²) in [4.78, 5) is 27.2. The predicted molar refractivity (Wildman–Crippen MR) is 50.2 cm³/mol. The minimum atomic E-state index is -0.954. The molecule has 0 saturated heterocycles. The van der Waals surface area contributed by atoms with Crippen LogP contribution in [-0.4, -0.2) is 27.1 Å². The van der Waals surface area contributed by atoms with E-state index in [1.807, 2.05) is 0 Å². The maximum atomic E-state index is 10.8. The molecule has 0 aliphatic rings. The van der Waals surface area contributed by atoms with Crippen LogP contribution in [-0.2, 0) is 4.79 Å². The SMILES string of the molecule is CCC(Nc1ccnc(=O)[nH]1)C(=O)O. The first-order valence-electron chi connectivity index (χ1n) is 4.18. The Bertz CT molecular complexity index is 374. The second-order valence-corrected chi connectivity index (χ2v) is 2.73. The second-order valence-electron chi connectivity index (χ2n) is 2.73. The first-order valence-corrected chi connectivity index (χ1v) is 4.18. The maximum absolute atomic E-state index is 10.8. The fourth-order valence-electron chi connectivity index (χ4n) is 0.979. The molecular weight excluding hydrogens is 186 g/mol. The topological polar surface area (TPSA) is 95.1 Å². The van der Waals surface area contributed by atoms with Gasteiger partial charge < -0.3 is 10.4 Å². The number of carboxylic acids is 1. The van der Waals surface area contributed by atoms with Crippen LogP contribution in [0.3, 0.4) is 0 Å². The predicted octanol–water partition coefficient (Wildman–Crippen LogP) is 0.0450. The van der Waals surface area contributed by atoms with Gasteiger partial charge in [0, 0.05) is 6.20 Å². The van der Waals surface area contributed by atoms with Gasteiger partial charge in [-0.2, -0.15) is 0 Å². The summed E-state index contributed by atoms with van der Waals surface area (Å²) in [6.07, 6.45) is 1.75. The van der Waals surface area contributed by atoms with E-state index in [9.17, 15) is 9.59 Å². The molecule has 0 fully saturated rings. The summed E-state index contributed by atoms with van der Waals surface area (Å²) in [5.41, 5.74) is -0.504. The number of carbonyl (C=O) groups is 1. The highest BCUT2D eigenvalue weighted by atomic mass is 16.4. The highest BCUT2D eigenvalue weighted by Crippen LogP contribution is 2.02. The van der Waals surface area contributed by atoms with Crippen molar-refractivity contribution in [1.82, 2.24) is 9.97 Å². The van der Waals surface area contributed by atoms with Crippen molar-refractivity contribution in [1.29, 1.82) is 0 Å². The van der Waals surface area contributed by atoms with Gasteiger partial charge in [0.25, 0.3) is 0 Å². The average molecular weight is 197 g/mol. The van der Waals surface area contributed by atoms with Crippen molar-refractivity contribution in [2.45, 2.75) is 19.4 Å². The third-order valence-electron chi connectivity index (χ3n) is 1.71. The molecule has 0 aliphatic carbocycles. The molecule has 1 unspecified atom stereocenters. The van der Waals surface area contributed by atoms with E-state index in [0.29, 0.717) is 12.2 Å². The smallest absolute Gasteiger partial charge is 0.346 e. The maximum Gasteiger partial charge on any atom is 0.346 e. The lowest BCUT2D eigenvalue weighted by Gasteiger charge is -2.12. The molecule has 6 heteroatoms. The Balaban J connectivity index is 2.77. The van der Waals surface area contributed by atoms with Crippen molar-refractivity contribution in [3.05, 3.63) is 22.7 Å². The van der Waals surface area contributed by atoms with Crippen LogP contribution < -0.4 is 11.0 Å². The lowest BCUT2D eigenvalue weighted by Crippen LogP contribution is -2.29. The van der Waals surface area contributed by atoms with Gasteiger partial charge in [0.15, 0.2) is 0 Å². The van der Waals surface area contributed by atoms with E-state index in [-0.39, 0.29) is 0 Å². The van der Waals surface area contributed by atoms with Crippen molar-refractivity contribution in [3.63, 3.8) is 0 Å². The first-order chi connectivity index (χ1) is 6.63. The van der Waals surface area contributed by atoms with E-state index in [0.717, 1.165) is 0 Å². The van der Waals surface area contributed by atoms with E-state index in [1.165, 1.54) is 12.3 Å². The van der Waals surface area contributed by atoms with Crippen LogP contribution in [0.2, 0.25) is 0 Å². The van der Waals surface area contributed by atoms with Crippen molar-refractivity contribution < 1.29 is 9.90 Å². The van der Waals surface area contributed by atoms with Gasteiger partial charge in [0.1, 0.15) is 11.9 Å². The van der Waals surface area contributed by atoms with E-state index in [2.05, 4.69) is 15.3 Å². The lowest BCUT2D eigenvalue weighted by atomic mass is 10.2. The van der Waals surface area contributed by atoms with E-state index in [4.69, 9.17) is 5.11 Å². The molecule has 6 nitrogen and oxygen atoms in total. The average Bonchev–Trinajstić information content (AvgIpc) is 2.14. The summed E-state index contributed by atoms with van der Waals surface area (Å²) in [7, 11) is 0. The normalized spacial score (nSPS) is 12.1. The molecule has 1 aromatic rings. The molecule has 1 heterocycles. The third kappa shape index (κ3) is 2.58. The summed E-state index contributed by atoms with van der Waals surface area (Å²) in [6.45, 7) is 1.74. The largest absolute Gasteiger partial charge is 0.480 e. The highest BCUT2D eigenvalue weighted by molar-refractivity contribution is 5.76. The fourth-order valence-corrected chi connectivity index (χ4v) is 0.979. The summed E-state index contributed by atoms with van der Waals surface area (Å²) >= 11 is 0. The minimum absolute atomic E-state index is 0.360. The van der Waals surface area contributed by atoms with E-state index in [1.54, 1.807) is 6.92 Å². The molecule has 0 amide bonds. The zero-order chi connectivity index (χ0) is 10.6. The zero-order valence-corrected chi connectivity index (χ0v) is 7.65. The van der Waals surface area contributed by atoms with Crippen molar-refractivity contribution in [2.75, 3.05) is 5.32 Å². The number of nitrogens with one attached hydrogen (secondary N) is 2. The molecule has 0 spiro atoms. The van der Waals surface area contributed by atoms with Gasteiger partial charge in [0.05, 0.1) is 0 Å². The molecule has 3 N–H and O–H groups in total. The van der Waals surface area contributed by atoms with E-state index < -0.39 is 17.7 Å². The Hall–Kier alpha value is -1.85. The summed E-state index contributed by atoms with van der Waals surface area (Å²) in [6, 6.07) is 0.806. The number of aromatic amines is 1. The van der Waals surface area contributed by atoms with Gasteiger partial charge in [-0.3, -0.25) is 4.98 Å². The quantitative estimate of drug-likeness (QED) is 0.633. The van der Waals surface area contributed by atoms with Crippen molar-refractivity contribution >= 4 is 11.8 Å².